The van der Waals surface area contributed by atoms with Crippen LogP contribution in [0.5, 0.6) is 5.75 Å². The second-order valence-electron chi connectivity index (χ2n) is 11.7. The van der Waals surface area contributed by atoms with Crippen LogP contribution in [-0.2, 0) is 13.0 Å². The molecular weight excluding hydrogens is 620 g/mol. The lowest BCUT2D eigenvalue weighted by Crippen LogP contribution is -2.32. The molecular formula is C32H40F4N8O3. The van der Waals surface area contributed by atoms with Gasteiger partial charge in [0.2, 0.25) is 0 Å². The standard InChI is InChI=1S/C32H40F4N8O3/c1-18(37)4-3-5-21-13-25(28(33)27(14-21)47-32(34,35)36)26-15-22-17-44(31(46)43-29(22)42-26)24-8-6-20(7-9-24)16-40-19(2)12-23(10-11-45)41-30(38)39/h6-9,13-15,17-19,23,40,45H,3-5,10-12,16,37H2,1-2H3,(H4,38,39,41)(H,42,43,46)/t18-,19-,23-/m0/s1. The number of rotatable bonds is 15. The van der Waals surface area contributed by atoms with Crippen molar-refractivity contribution in [3.8, 4) is 22.7 Å². The molecule has 0 spiro atoms. The van der Waals surface area contributed by atoms with Crippen molar-refractivity contribution in [1.29, 1.82) is 0 Å². The van der Waals surface area contributed by atoms with Crippen molar-refractivity contribution < 1.29 is 27.4 Å². The maximum Gasteiger partial charge on any atom is 0.573 e. The molecule has 0 saturated heterocycles. The topological polar surface area (TPSA) is 183 Å². The zero-order valence-electron chi connectivity index (χ0n) is 26.1. The number of halogens is 4. The fraction of sp³-hybridized carbons (Fsp3) is 0.406. The van der Waals surface area contributed by atoms with E-state index in [1.807, 2.05) is 26.0 Å². The SMILES string of the molecule is C[C@H](N)CCCc1cc(OC(F)(F)F)c(F)c(-c2cc3cn(-c4ccc(CN[C@@H](C)C[C@H](CCO)N=C(N)N)cc4)c(=O)nc3[nH]2)c1. The number of aryl methyl sites for hydroxylation is 1. The number of aliphatic hydroxyl groups excluding tert-OH is 1. The molecule has 2 aromatic carbocycles. The molecule has 0 bridgehead atoms. The monoisotopic (exact) mass is 660 g/mol. The first kappa shape index (κ1) is 35.4. The number of aliphatic hydroxyl groups is 1. The summed E-state index contributed by atoms with van der Waals surface area (Å²) in [4.78, 5) is 24.1. The van der Waals surface area contributed by atoms with Gasteiger partial charge in [-0.05, 0) is 87.4 Å². The van der Waals surface area contributed by atoms with Crippen LogP contribution in [0.1, 0.15) is 50.7 Å². The summed E-state index contributed by atoms with van der Waals surface area (Å²) in [7, 11) is 0. The molecule has 4 rings (SSSR count). The molecule has 0 fully saturated rings. The van der Waals surface area contributed by atoms with E-state index in [1.165, 1.54) is 22.9 Å². The van der Waals surface area contributed by atoms with Gasteiger partial charge in [-0.2, -0.15) is 4.98 Å². The summed E-state index contributed by atoms with van der Waals surface area (Å²) in [6.45, 7) is 4.31. The Morgan fingerprint density at radius 3 is 2.49 bits per heavy atom. The first-order chi connectivity index (χ1) is 22.2. The number of hydrogen-bond donors (Lipinski definition) is 6. The number of aromatic nitrogens is 3. The number of H-pyrrole nitrogens is 1. The second-order valence-corrected chi connectivity index (χ2v) is 11.7. The van der Waals surface area contributed by atoms with E-state index < -0.39 is 23.6 Å². The van der Waals surface area contributed by atoms with Crippen molar-refractivity contribution in [2.75, 3.05) is 6.61 Å². The Morgan fingerprint density at radius 1 is 1.13 bits per heavy atom. The molecule has 0 radical (unpaired) electrons. The number of aliphatic imine (C=N–C) groups is 1. The molecule has 3 atom stereocenters. The first-order valence-electron chi connectivity index (χ1n) is 15.2. The highest BCUT2D eigenvalue weighted by molar-refractivity contribution is 5.83. The van der Waals surface area contributed by atoms with E-state index in [2.05, 4.69) is 25.0 Å². The summed E-state index contributed by atoms with van der Waals surface area (Å²) in [6.07, 6.45) is -0.919. The van der Waals surface area contributed by atoms with Crippen LogP contribution in [0.4, 0.5) is 17.6 Å². The van der Waals surface area contributed by atoms with Crippen LogP contribution in [0.3, 0.4) is 0 Å². The van der Waals surface area contributed by atoms with Gasteiger partial charge in [-0.3, -0.25) is 9.56 Å². The summed E-state index contributed by atoms with van der Waals surface area (Å²) in [5.74, 6) is -2.17. The average molecular weight is 661 g/mol. The van der Waals surface area contributed by atoms with Crippen molar-refractivity contribution in [2.24, 2.45) is 22.2 Å². The van der Waals surface area contributed by atoms with E-state index in [9.17, 15) is 23.1 Å². The molecule has 2 heterocycles. The molecule has 254 valence electrons. The molecule has 2 aromatic heterocycles. The maximum absolute atomic E-state index is 15.4. The van der Waals surface area contributed by atoms with Crippen molar-refractivity contribution in [2.45, 2.75) is 77.0 Å². The van der Waals surface area contributed by atoms with E-state index in [4.69, 9.17) is 17.2 Å². The van der Waals surface area contributed by atoms with Gasteiger partial charge in [-0.25, -0.2) is 9.18 Å². The van der Waals surface area contributed by atoms with E-state index in [-0.39, 0.29) is 47.6 Å². The third-order valence-electron chi connectivity index (χ3n) is 7.54. The Bertz CT molecular complexity index is 1730. The highest BCUT2D eigenvalue weighted by Gasteiger charge is 2.33. The first-order valence-corrected chi connectivity index (χ1v) is 15.2. The highest BCUT2D eigenvalue weighted by atomic mass is 19.4. The second kappa shape index (κ2) is 15.4. The molecule has 0 aliphatic heterocycles. The molecule has 9 N–H and O–H groups in total. The smallest absolute Gasteiger partial charge is 0.403 e. The average Bonchev–Trinajstić information content (AvgIpc) is 3.39. The molecule has 47 heavy (non-hydrogen) atoms. The lowest BCUT2D eigenvalue weighted by Gasteiger charge is -2.19. The van der Waals surface area contributed by atoms with Crippen LogP contribution in [-0.4, -0.2) is 56.7 Å². The Morgan fingerprint density at radius 2 is 1.85 bits per heavy atom. The summed E-state index contributed by atoms with van der Waals surface area (Å²) in [5.41, 5.74) is 18.2. The molecule has 0 amide bonds. The Hall–Kier alpha value is -4.47. The van der Waals surface area contributed by atoms with Gasteiger partial charge in [0.1, 0.15) is 5.65 Å². The molecule has 4 aromatic rings. The van der Waals surface area contributed by atoms with E-state index in [0.717, 1.165) is 11.6 Å². The number of guanidine groups is 1. The number of fused-ring (bicyclic) bond motifs is 1. The summed E-state index contributed by atoms with van der Waals surface area (Å²) >= 11 is 0. The number of nitrogens with two attached hydrogens (primary N) is 3. The number of hydrogen-bond acceptors (Lipinski definition) is 7. The van der Waals surface area contributed by atoms with Crippen LogP contribution < -0.4 is 32.9 Å². The molecule has 0 aliphatic carbocycles. The third kappa shape index (κ3) is 10.0. The number of nitrogens with one attached hydrogen (secondary N) is 2. The Kier molecular flexibility index (Phi) is 11.6. The zero-order valence-corrected chi connectivity index (χ0v) is 26.1. The molecule has 0 aliphatic rings. The van der Waals surface area contributed by atoms with Crippen molar-refractivity contribution in [3.63, 3.8) is 0 Å². The largest absolute Gasteiger partial charge is 0.573 e. The lowest BCUT2D eigenvalue weighted by atomic mass is 10.0. The van der Waals surface area contributed by atoms with Crippen LogP contribution in [0, 0.1) is 5.82 Å². The molecule has 15 heteroatoms. The van der Waals surface area contributed by atoms with E-state index in [0.29, 0.717) is 55.3 Å². The lowest BCUT2D eigenvalue weighted by molar-refractivity contribution is -0.275. The van der Waals surface area contributed by atoms with Crippen LogP contribution in [0.15, 0.2) is 58.4 Å². The van der Waals surface area contributed by atoms with Gasteiger partial charge in [0.15, 0.2) is 17.5 Å². The predicted molar refractivity (Wildman–Crippen MR) is 173 cm³/mol. The Balaban J connectivity index is 1.55. The fourth-order valence-electron chi connectivity index (χ4n) is 5.30. The van der Waals surface area contributed by atoms with Crippen molar-refractivity contribution in [1.82, 2.24) is 19.9 Å². The normalized spacial score (nSPS) is 13.8. The molecule has 0 unspecified atom stereocenters. The van der Waals surface area contributed by atoms with E-state index >= 15 is 4.39 Å². The number of aromatic amines is 1. The van der Waals surface area contributed by atoms with Gasteiger partial charge in [-0.1, -0.05) is 12.1 Å². The highest BCUT2D eigenvalue weighted by Crippen LogP contribution is 2.35. The fourth-order valence-corrected chi connectivity index (χ4v) is 5.30. The van der Waals surface area contributed by atoms with Crippen LogP contribution in [0.2, 0.25) is 0 Å². The van der Waals surface area contributed by atoms with Gasteiger partial charge in [-0.15, -0.1) is 13.2 Å². The number of benzene rings is 2. The number of ether oxygens (including phenoxy) is 1. The minimum Gasteiger partial charge on any atom is -0.403 e. The van der Waals surface area contributed by atoms with Crippen LogP contribution in [0.25, 0.3) is 28.0 Å². The minimum absolute atomic E-state index is 0.0279. The number of alkyl halides is 3. The molecule has 0 saturated carbocycles. The third-order valence-corrected chi connectivity index (χ3v) is 7.54. The van der Waals surface area contributed by atoms with Gasteiger partial charge < -0.3 is 37.3 Å². The quantitative estimate of drug-likeness (QED) is 0.0629. The van der Waals surface area contributed by atoms with Crippen molar-refractivity contribution in [3.05, 3.63) is 76.1 Å². The van der Waals surface area contributed by atoms with Gasteiger partial charge >= 0.3 is 12.1 Å². The van der Waals surface area contributed by atoms with E-state index in [1.54, 1.807) is 12.1 Å². The molecule has 11 nitrogen and oxygen atoms in total. The summed E-state index contributed by atoms with van der Waals surface area (Å²) in [5, 5.41) is 13.1. The van der Waals surface area contributed by atoms with Gasteiger partial charge in [0.25, 0.3) is 0 Å². The van der Waals surface area contributed by atoms with Gasteiger partial charge in [0.05, 0.1) is 17.4 Å². The predicted octanol–water partition coefficient (Wildman–Crippen LogP) is 3.98. The Labute approximate surface area is 268 Å². The summed E-state index contributed by atoms with van der Waals surface area (Å²) in [6, 6.07) is 11.0. The van der Waals surface area contributed by atoms with Gasteiger partial charge in [0, 0.05) is 42.4 Å². The zero-order chi connectivity index (χ0) is 34.3. The number of nitrogens with zero attached hydrogens (tertiary/aromatic N) is 3. The minimum atomic E-state index is -5.09. The van der Waals surface area contributed by atoms with Crippen LogP contribution >= 0.6 is 0 Å². The summed E-state index contributed by atoms with van der Waals surface area (Å²) < 4.78 is 60.0. The van der Waals surface area contributed by atoms with Crippen molar-refractivity contribution >= 4 is 17.0 Å². The maximum atomic E-state index is 15.4.